The molecule has 2 unspecified atom stereocenters. The van der Waals surface area contributed by atoms with E-state index in [9.17, 15) is 28.7 Å². The standard InChI is InChI=1S/C38H39ClFN7O6S/c39-26-6-3-8-29(33(26)40)53-23-12-15-38(16-13-23,20-22-4-1-9-30(43-22)45-37-42-18-19-54-37)36(52)41-17-14-32(49)44-27-7-2-5-24-25(27)21-47(35(24)51)28-10-11-31(48)46-34(28)50/h1-9,18-19,23,28,36,41,52H,10-17,20-21H2,(H,44,49)(H,42,43,45)(H,46,48,50). The summed E-state index contributed by atoms with van der Waals surface area (Å²) in [5, 5.41) is 25.9. The number of thiazole rings is 1. The highest BCUT2D eigenvalue weighted by Gasteiger charge is 2.43. The largest absolute Gasteiger partial charge is 0.487 e. The van der Waals surface area contributed by atoms with Gasteiger partial charge in [-0.3, -0.25) is 29.8 Å². The summed E-state index contributed by atoms with van der Waals surface area (Å²) in [6.45, 7) is 0.275. The number of nitrogens with one attached hydrogen (secondary N) is 4. The summed E-state index contributed by atoms with van der Waals surface area (Å²) in [5.41, 5.74) is 1.53. The maximum absolute atomic E-state index is 14.6. The Hall–Kier alpha value is -4.96. The van der Waals surface area contributed by atoms with Crippen LogP contribution < -0.4 is 26.0 Å². The Morgan fingerprint density at radius 2 is 1.91 bits per heavy atom. The van der Waals surface area contributed by atoms with Gasteiger partial charge in [0.2, 0.25) is 17.7 Å². The second kappa shape index (κ2) is 16.2. The number of anilines is 3. The van der Waals surface area contributed by atoms with E-state index in [0.717, 1.165) is 5.69 Å². The maximum atomic E-state index is 14.6. The van der Waals surface area contributed by atoms with Gasteiger partial charge in [0.1, 0.15) is 18.1 Å². The van der Waals surface area contributed by atoms with Gasteiger partial charge >= 0.3 is 0 Å². The van der Waals surface area contributed by atoms with E-state index in [1.807, 2.05) is 23.6 Å². The molecule has 5 N–H and O–H groups in total. The summed E-state index contributed by atoms with van der Waals surface area (Å²) in [7, 11) is 0. The number of carbonyl (C=O) groups is 4. The molecule has 1 saturated heterocycles. The summed E-state index contributed by atoms with van der Waals surface area (Å²) >= 11 is 7.43. The van der Waals surface area contributed by atoms with Crippen LogP contribution in [-0.2, 0) is 27.3 Å². The number of halogens is 2. The molecule has 2 aromatic carbocycles. The summed E-state index contributed by atoms with van der Waals surface area (Å²) < 4.78 is 20.7. The number of hydrogen-bond donors (Lipinski definition) is 5. The van der Waals surface area contributed by atoms with Gasteiger partial charge in [0.25, 0.3) is 5.91 Å². The molecule has 13 nitrogen and oxygen atoms in total. The van der Waals surface area contributed by atoms with Gasteiger partial charge in [-0.1, -0.05) is 29.8 Å². The number of aromatic nitrogens is 2. The van der Waals surface area contributed by atoms with Crippen LogP contribution in [0.25, 0.3) is 0 Å². The van der Waals surface area contributed by atoms with E-state index in [-0.39, 0.29) is 66.9 Å². The number of carbonyl (C=O) groups excluding carboxylic acids is 4. The number of hydrogen-bond acceptors (Lipinski definition) is 11. The van der Waals surface area contributed by atoms with Crippen LogP contribution in [0, 0.1) is 11.2 Å². The number of aliphatic hydroxyl groups excluding tert-OH is 1. The van der Waals surface area contributed by atoms with Gasteiger partial charge in [-0.05, 0) is 74.9 Å². The summed E-state index contributed by atoms with van der Waals surface area (Å²) in [5.74, 6) is -1.43. The lowest BCUT2D eigenvalue weighted by atomic mass is 9.68. The monoisotopic (exact) mass is 775 g/mol. The van der Waals surface area contributed by atoms with Crippen LogP contribution in [0.15, 0.2) is 66.2 Å². The first-order valence-corrected chi connectivity index (χ1v) is 19.1. The molecule has 2 atom stereocenters. The number of benzene rings is 2. The van der Waals surface area contributed by atoms with Gasteiger partial charge < -0.3 is 25.4 Å². The number of rotatable bonds is 13. The fourth-order valence-corrected chi connectivity index (χ4v) is 8.14. The minimum Gasteiger partial charge on any atom is -0.487 e. The van der Waals surface area contributed by atoms with Crippen molar-refractivity contribution in [1.29, 1.82) is 0 Å². The minimum absolute atomic E-state index is 0.0158. The Labute approximate surface area is 319 Å². The molecule has 2 aromatic heterocycles. The van der Waals surface area contributed by atoms with Crippen molar-refractivity contribution in [1.82, 2.24) is 25.5 Å². The van der Waals surface area contributed by atoms with Crippen LogP contribution >= 0.6 is 22.9 Å². The second-order valence-electron chi connectivity index (χ2n) is 13.8. The molecular formula is C38H39ClFN7O6S. The van der Waals surface area contributed by atoms with Gasteiger partial charge in [-0.25, -0.2) is 14.4 Å². The third-order valence-electron chi connectivity index (χ3n) is 10.3. The minimum atomic E-state index is -1.02. The van der Waals surface area contributed by atoms with Gasteiger partial charge in [-0.15, -0.1) is 11.3 Å². The van der Waals surface area contributed by atoms with Crippen LogP contribution in [0.1, 0.15) is 66.6 Å². The Morgan fingerprint density at radius 3 is 2.69 bits per heavy atom. The van der Waals surface area contributed by atoms with E-state index < -0.39 is 29.4 Å². The van der Waals surface area contributed by atoms with Gasteiger partial charge in [0.15, 0.2) is 16.7 Å². The number of pyridine rings is 1. The molecule has 4 amide bonds. The van der Waals surface area contributed by atoms with Crippen molar-refractivity contribution in [3.63, 3.8) is 0 Å². The Kier molecular flexibility index (Phi) is 11.2. The molecule has 54 heavy (non-hydrogen) atoms. The van der Waals surface area contributed by atoms with Crippen molar-refractivity contribution >= 4 is 63.2 Å². The number of ether oxygens (including phenoxy) is 1. The zero-order valence-corrected chi connectivity index (χ0v) is 30.7. The highest BCUT2D eigenvalue weighted by Crippen LogP contribution is 2.43. The van der Waals surface area contributed by atoms with Crippen LogP contribution in [-0.4, -0.2) is 68.5 Å². The number of fused-ring (bicyclic) bond motifs is 1. The fourth-order valence-electron chi connectivity index (χ4n) is 7.44. The summed E-state index contributed by atoms with van der Waals surface area (Å²) in [4.78, 5) is 61.1. The molecule has 3 aliphatic rings. The topological polar surface area (TPSA) is 175 Å². The lowest BCUT2D eigenvalue weighted by Crippen LogP contribution is -2.52. The molecule has 0 bridgehead atoms. The van der Waals surface area contributed by atoms with E-state index in [2.05, 4.69) is 26.3 Å². The Balaban J connectivity index is 0.998. The SMILES string of the molecule is O=C1CCC(N2Cc3c(NC(=O)CCNC(O)C4(Cc5cccc(Nc6nccs6)n5)CCC(Oc5cccc(Cl)c5F)CC4)cccc3C2=O)C(=O)N1. The van der Waals surface area contributed by atoms with Crippen molar-refractivity contribution in [2.24, 2.45) is 5.41 Å². The number of amides is 4. The lowest BCUT2D eigenvalue weighted by Gasteiger charge is -2.43. The van der Waals surface area contributed by atoms with Crippen LogP contribution in [0.4, 0.5) is 21.0 Å². The molecule has 1 saturated carbocycles. The number of piperidine rings is 1. The van der Waals surface area contributed by atoms with E-state index >= 15 is 0 Å². The summed E-state index contributed by atoms with van der Waals surface area (Å²) in [6, 6.07) is 14.6. The third-order valence-corrected chi connectivity index (χ3v) is 11.3. The Bertz CT molecular complexity index is 2040. The Morgan fingerprint density at radius 1 is 1.11 bits per heavy atom. The highest BCUT2D eigenvalue weighted by molar-refractivity contribution is 7.13. The molecule has 0 radical (unpaired) electrons. The van der Waals surface area contributed by atoms with Crippen molar-refractivity contribution in [3.05, 3.63) is 93.8 Å². The molecule has 4 heterocycles. The van der Waals surface area contributed by atoms with E-state index in [1.165, 1.54) is 22.3 Å². The number of nitrogens with zero attached hydrogens (tertiary/aromatic N) is 3. The lowest BCUT2D eigenvalue weighted by molar-refractivity contribution is -0.137. The zero-order valence-electron chi connectivity index (χ0n) is 29.1. The first-order valence-electron chi connectivity index (χ1n) is 17.8. The van der Waals surface area contributed by atoms with E-state index in [1.54, 1.807) is 36.5 Å². The van der Waals surface area contributed by atoms with Gasteiger partial charge in [0, 0.05) is 65.4 Å². The quantitative estimate of drug-likeness (QED) is 0.0883. The smallest absolute Gasteiger partial charge is 0.255 e. The van der Waals surface area contributed by atoms with E-state index in [0.29, 0.717) is 59.9 Å². The third kappa shape index (κ3) is 8.23. The molecule has 7 rings (SSSR count). The van der Waals surface area contributed by atoms with Crippen LogP contribution in [0.5, 0.6) is 5.75 Å². The van der Waals surface area contributed by atoms with E-state index in [4.69, 9.17) is 21.3 Å². The van der Waals surface area contributed by atoms with Crippen molar-refractivity contribution in [2.75, 3.05) is 17.2 Å². The molecule has 0 spiro atoms. The van der Waals surface area contributed by atoms with Crippen molar-refractivity contribution < 1.29 is 33.4 Å². The predicted octanol–water partition coefficient (Wildman–Crippen LogP) is 5.32. The summed E-state index contributed by atoms with van der Waals surface area (Å²) in [6.07, 6.45) is 3.35. The molecular weight excluding hydrogens is 737 g/mol. The normalized spacial score (nSPS) is 21.7. The van der Waals surface area contributed by atoms with Crippen molar-refractivity contribution in [2.45, 2.75) is 76.3 Å². The number of aliphatic hydroxyl groups is 1. The van der Waals surface area contributed by atoms with Crippen LogP contribution in [0.2, 0.25) is 5.02 Å². The van der Waals surface area contributed by atoms with Crippen LogP contribution in [0.3, 0.4) is 0 Å². The average molecular weight is 776 g/mol. The first kappa shape index (κ1) is 37.4. The highest BCUT2D eigenvalue weighted by atomic mass is 35.5. The molecule has 16 heteroatoms. The second-order valence-corrected chi connectivity index (χ2v) is 15.1. The number of imide groups is 1. The maximum Gasteiger partial charge on any atom is 0.255 e. The molecule has 2 fully saturated rings. The van der Waals surface area contributed by atoms with Crippen molar-refractivity contribution in [3.8, 4) is 5.75 Å². The van der Waals surface area contributed by atoms with Gasteiger partial charge in [-0.2, -0.15) is 0 Å². The molecule has 4 aromatic rings. The van der Waals surface area contributed by atoms with Gasteiger partial charge in [0.05, 0.1) is 11.1 Å². The molecule has 1 aliphatic carbocycles. The average Bonchev–Trinajstić information content (AvgIpc) is 3.79. The predicted molar refractivity (Wildman–Crippen MR) is 200 cm³/mol. The molecule has 282 valence electrons. The molecule has 2 aliphatic heterocycles. The first-order chi connectivity index (χ1) is 26.1. The fraction of sp³-hybridized carbons (Fsp3) is 0.368. The zero-order chi connectivity index (χ0) is 37.8.